The Labute approximate surface area is 142 Å². The van der Waals surface area contributed by atoms with Crippen LogP contribution in [0.15, 0.2) is 54.6 Å². The molecule has 0 aliphatic carbocycles. The summed E-state index contributed by atoms with van der Waals surface area (Å²) in [4.78, 5) is 23.8. The number of carbonyl (C=O) groups is 2. The largest absolute Gasteiger partial charge is 0.494 e. The number of carbonyl (C=O) groups excluding carboxylic acids is 2. The maximum Gasteiger partial charge on any atom is 0.269 e. The minimum absolute atomic E-state index is 0.227. The summed E-state index contributed by atoms with van der Waals surface area (Å²) < 4.78 is 5.46. The van der Waals surface area contributed by atoms with Gasteiger partial charge >= 0.3 is 0 Å². The molecule has 2 aromatic carbocycles. The van der Waals surface area contributed by atoms with E-state index in [0.717, 1.165) is 17.7 Å². The third-order valence-electron chi connectivity index (χ3n) is 3.39. The van der Waals surface area contributed by atoms with Crippen LogP contribution < -0.4 is 15.6 Å². The second-order valence-corrected chi connectivity index (χ2v) is 5.36. The Kier molecular flexibility index (Phi) is 6.83. The molecule has 5 heteroatoms. The van der Waals surface area contributed by atoms with Crippen molar-refractivity contribution in [3.8, 4) is 5.75 Å². The summed E-state index contributed by atoms with van der Waals surface area (Å²) in [5.41, 5.74) is 6.39. The van der Waals surface area contributed by atoms with Gasteiger partial charge in [0.2, 0.25) is 5.91 Å². The molecule has 0 fully saturated rings. The lowest BCUT2D eigenvalue weighted by Crippen LogP contribution is -2.41. The lowest BCUT2D eigenvalue weighted by molar-refractivity contribution is -0.121. The number of rotatable bonds is 7. The molecule has 0 bridgehead atoms. The van der Waals surface area contributed by atoms with Crippen molar-refractivity contribution >= 4 is 11.8 Å². The predicted molar refractivity (Wildman–Crippen MR) is 92.6 cm³/mol. The topological polar surface area (TPSA) is 67.4 Å². The third-order valence-corrected chi connectivity index (χ3v) is 3.39. The molecule has 0 aliphatic heterocycles. The molecule has 0 aliphatic rings. The zero-order chi connectivity index (χ0) is 17.2. The summed E-state index contributed by atoms with van der Waals surface area (Å²) in [7, 11) is 0. The maximum absolute atomic E-state index is 12.0. The molecular weight excluding hydrogens is 304 g/mol. The molecule has 0 spiro atoms. The summed E-state index contributed by atoms with van der Waals surface area (Å²) >= 11 is 0. The number of hydrazine groups is 1. The number of nitrogens with one attached hydrogen (secondary N) is 2. The van der Waals surface area contributed by atoms with Gasteiger partial charge in [0.15, 0.2) is 0 Å². The first kappa shape index (κ1) is 17.5. The molecule has 0 aromatic heterocycles. The fourth-order valence-electron chi connectivity index (χ4n) is 2.09. The van der Waals surface area contributed by atoms with Crippen LogP contribution in [0.4, 0.5) is 0 Å². The number of hydrogen-bond donors (Lipinski definition) is 2. The van der Waals surface area contributed by atoms with E-state index < -0.39 is 0 Å². The highest BCUT2D eigenvalue weighted by Crippen LogP contribution is 2.12. The van der Waals surface area contributed by atoms with Gasteiger partial charge in [-0.15, -0.1) is 0 Å². The van der Waals surface area contributed by atoms with Crippen LogP contribution >= 0.6 is 0 Å². The van der Waals surface area contributed by atoms with Gasteiger partial charge in [0.05, 0.1) is 6.61 Å². The molecular formula is C19H22N2O3. The van der Waals surface area contributed by atoms with Gasteiger partial charge in [-0.3, -0.25) is 20.4 Å². The van der Waals surface area contributed by atoms with Gasteiger partial charge in [-0.2, -0.15) is 0 Å². The first-order valence-corrected chi connectivity index (χ1v) is 8.05. The zero-order valence-electron chi connectivity index (χ0n) is 13.7. The van der Waals surface area contributed by atoms with Crippen molar-refractivity contribution in [2.45, 2.75) is 26.2 Å². The van der Waals surface area contributed by atoms with Crippen molar-refractivity contribution in [3.05, 3.63) is 65.7 Å². The van der Waals surface area contributed by atoms with E-state index in [0.29, 0.717) is 25.0 Å². The first-order valence-electron chi connectivity index (χ1n) is 8.05. The number of aryl methyl sites for hydroxylation is 1. The summed E-state index contributed by atoms with van der Waals surface area (Å²) in [5.74, 6) is 0.139. The molecule has 0 unspecified atom stereocenters. The lowest BCUT2D eigenvalue weighted by atomic mass is 10.1. The average Bonchev–Trinajstić information content (AvgIpc) is 2.64. The maximum atomic E-state index is 12.0. The van der Waals surface area contributed by atoms with Crippen molar-refractivity contribution in [2.75, 3.05) is 6.61 Å². The van der Waals surface area contributed by atoms with Crippen LogP contribution in [-0.2, 0) is 11.2 Å². The van der Waals surface area contributed by atoms with E-state index in [1.165, 1.54) is 0 Å². The first-order chi connectivity index (χ1) is 11.7. The fraction of sp³-hybridized carbons (Fsp3) is 0.263. The minimum atomic E-state index is -0.356. The van der Waals surface area contributed by atoms with E-state index in [4.69, 9.17) is 4.74 Å². The van der Waals surface area contributed by atoms with E-state index in [-0.39, 0.29) is 11.8 Å². The van der Waals surface area contributed by atoms with Gasteiger partial charge in [-0.25, -0.2) is 0 Å². The van der Waals surface area contributed by atoms with Crippen LogP contribution in [0.3, 0.4) is 0 Å². The Hall–Kier alpha value is -2.82. The molecule has 0 heterocycles. The van der Waals surface area contributed by atoms with E-state index >= 15 is 0 Å². The van der Waals surface area contributed by atoms with Crippen LogP contribution in [-0.4, -0.2) is 18.4 Å². The van der Waals surface area contributed by atoms with Crippen molar-refractivity contribution in [3.63, 3.8) is 0 Å². The Morgan fingerprint density at radius 3 is 2.33 bits per heavy atom. The average molecular weight is 326 g/mol. The molecule has 0 saturated carbocycles. The molecule has 24 heavy (non-hydrogen) atoms. The summed E-state index contributed by atoms with van der Waals surface area (Å²) in [6.07, 6.45) is 1.87. The monoisotopic (exact) mass is 326 g/mol. The van der Waals surface area contributed by atoms with E-state index in [2.05, 4.69) is 10.9 Å². The number of benzene rings is 2. The minimum Gasteiger partial charge on any atom is -0.494 e. The SMILES string of the molecule is CCCOc1ccc(C(=O)NNC(=O)CCc2ccccc2)cc1. The summed E-state index contributed by atoms with van der Waals surface area (Å²) in [6.45, 7) is 2.67. The molecule has 2 amide bonds. The van der Waals surface area contributed by atoms with E-state index in [1.807, 2.05) is 37.3 Å². The van der Waals surface area contributed by atoms with Gasteiger partial charge < -0.3 is 4.74 Å². The molecule has 0 atom stereocenters. The van der Waals surface area contributed by atoms with Crippen LogP contribution in [0, 0.1) is 0 Å². The van der Waals surface area contributed by atoms with Crippen LogP contribution in [0.25, 0.3) is 0 Å². The molecule has 2 aromatic rings. The van der Waals surface area contributed by atoms with Gasteiger partial charge in [-0.1, -0.05) is 37.3 Å². The van der Waals surface area contributed by atoms with Gasteiger partial charge in [-0.05, 0) is 42.7 Å². The second-order valence-electron chi connectivity index (χ2n) is 5.36. The predicted octanol–water partition coefficient (Wildman–Crippen LogP) is 2.87. The normalized spacial score (nSPS) is 10.0. The highest BCUT2D eigenvalue weighted by molar-refractivity contribution is 5.95. The Morgan fingerprint density at radius 2 is 1.67 bits per heavy atom. The standard InChI is InChI=1S/C19H22N2O3/c1-2-14-24-17-11-9-16(10-12-17)19(23)21-20-18(22)13-8-15-6-4-3-5-7-15/h3-7,9-12H,2,8,13-14H2,1H3,(H,20,22)(H,21,23). The molecule has 126 valence electrons. The van der Waals surface area contributed by atoms with Crippen LogP contribution in [0.5, 0.6) is 5.75 Å². The zero-order valence-corrected chi connectivity index (χ0v) is 13.7. The van der Waals surface area contributed by atoms with Crippen LogP contribution in [0.2, 0.25) is 0 Å². The fourth-order valence-corrected chi connectivity index (χ4v) is 2.09. The highest BCUT2D eigenvalue weighted by Gasteiger charge is 2.08. The molecule has 2 N–H and O–H groups in total. The highest BCUT2D eigenvalue weighted by atomic mass is 16.5. The van der Waals surface area contributed by atoms with Crippen molar-refractivity contribution < 1.29 is 14.3 Å². The van der Waals surface area contributed by atoms with Crippen molar-refractivity contribution in [1.82, 2.24) is 10.9 Å². The number of hydrogen-bond acceptors (Lipinski definition) is 3. The number of ether oxygens (including phenoxy) is 1. The Balaban J connectivity index is 1.74. The van der Waals surface area contributed by atoms with Crippen molar-refractivity contribution in [1.29, 1.82) is 0 Å². The van der Waals surface area contributed by atoms with Gasteiger partial charge in [0, 0.05) is 12.0 Å². The second kappa shape index (κ2) is 9.35. The van der Waals surface area contributed by atoms with Gasteiger partial charge in [0.1, 0.15) is 5.75 Å². The lowest BCUT2D eigenvalue weighted by Gasteiger charge is -2.08. The quantitative estimate of drug-likeness (QED) is 0.769. The smallest absolute Gasteiger partial charge is 0.269 e. The molecule has 0 saturated heterocycles. The molecule has 2 rings (SSSR count). The van der Waals surface area contributed by atoms with E-state index in [9.17, 15) is 9.59 Å². The molecule has 0 radical (unpaired) electrons. The summed E-state index contributed by atoms with van der Waals surface area (Å²) in [6, 6.07) is 16.5. The van der Waals surface area contributed by atoms with Gasteiger partial charge in [0.25, 0.3) is 5.91 Å². The van der Waals surface area contributed by atoms with E-state index in [1.54, 1.807) is 24.3 Å². The Bertz CT molecular complexity index is 654. The van der Waals surface area contributed by atoms with Crippen LogP contribution in [0.1, 0.15) is 35.7 Å². The van der Waals surface area contributed by atoms with Crippen molar-refractivity contribution in [2.24, 2.45) is 0 Å². The molecule has 5 nitrogen and oxygen atoms in total. The third kappa shape index (κ3) is 5.76. The number of amides is 2. The summed E-state index contributed by atoms with van der Waals surface area (Å²) in [5, 5.41) is 0. The Morgan fingerprint density at radius 1 is 0.958 bits per heavy atom.